The molecule has 2 fully saturated rings. The number of pyridine rings is 2. The number of fused-ring (bicyclic) bond motifs is 1. The van der Waals surface area contributed by atoms with E-state index in [4.69, 9.17) is 4.74 Å². The summed E-state index contributed by atoms with van der Waals surface area (Å²) in [6, 6.07) is 17.2. The van der Waals surface area contributed by atoms with Gasteiger partial charge in [-0.3, -0.25) is 9.36 Å². The van der Waals surface area contributed by atoms with Crippen LogP contribution in [0.15, 0.2) is 71.8 Å². The molecule has 0 spiro atoms. The zero-order valence-electron chi connectivity index (χ0n) is 17.1. The van der Waals surface area contributed by atoms with Crippen molar-refractivity contribution in [3.8, 4) is 11.4 Å². The Morgan fingerprint density at radius 3 is 2.43 bits per heavy atom. The van der Waals surface area contributed by atoms with Crippen molar-refractivity contribution < 1.29 is 4.74 Å². The molecule has 2 aromatic heterocycles. The fraction of sp³-hybridized carbons (Fsp3) is 0.333. The van der Waals surface area contributed by atoms with E-state index < -0.39 is 0 Å². The van der Waals surface area contributed by atoms with Gasteiger partial charge in [0.05, 0.1) is 11.9 Å². The van der Waals surface area contributed by atoms with Gasteiger partial charge in [-0.15, -0.1) is 0 Å². The highest BCUT2D eigenvalue weighted by atomic mass is 16.5. The van der Waals surface area contributed by atoms with Gasteiger partial charge in [0.2, 0.25) is 0 Å². The first-order chi connectivity index (χ1) is 14.7. The molecule has 30 heavy (non-hydrogen) atoms. The summed E-state index contributed by atoms with van der Waals surface area (Å²) in [5.74, 6) is 3.04. The molecule has 2 unspecified atom stereocenters. The molecule has 6 heteroatoms. The second-order valence-electron chi connectivity index (χ2n) is 8.37. The third-order valence-corrected chi connectivity index (χ3v) is 6.14. The van der Waals surface area contributed by atoms with E-state index in [0.717, 1.165) is 42.0 Å². The number of anilines is 1. The fourth-order valence-electron chi connectivity index (χ4n) is 4.63. The second kappa shape index (κ2) is 7.95. The van der Waals surface area contributed by atoms with Gasteiger partial charge in [0.15, 0.2) is 0 Å². The van der Waals surface area contributed by atoms with Crippen LogP contribution < -0.4 is 15.2 Å². The first kappa shape index (κ1) is 18.9. The molecule has 4 heterocycles. The fourth-order valence-corrected chi connectivity index (χ4v) is 4.63. The lowest BCUT2D eigenvalue weighted by Gasteiger charge is -2.20. The van der Waals surface area contributed by atoms with E-state index in [9.17, 15) is 4.79 Å². The Morgan fingerprint density at radius 1 is 1.00 bits per heavy atom. The molecule has 0 saturated carbocycles. The van der Waals surface area contributed by atoms with Gasteiger partial charge < -0.3 is 14.5 Å². The predicted molar refractivity (Wildman–Crippen MR) is 117 cm³/mol. The molecule has 6 nitrogen and oxygen atoms in total. The van der Waals surface area contributed by atoms with Crippen molar-refractivity contribution in [2.24, 2.45) is 11.8 Å². The summed E-state index contributed by atoms with van der Waals surface area (Å²) >= 11 is 0. The van der Waals surface area contributed by atoms with Crippen LogP contribution in [0.1, 0.15) is 5.56 Å². The maximum atomic E-state index is 12.6. The summed E-state index contributed by atoms with van der Waals surface area (Å²) in [4.78, 5) is 22.0. The first-order valence-electron chi connectivity index (χ1n) is 10.4. The molecule has 2 aliphatic rings. The van der Waals surface area contributed by atoms with Gasteiger partial charge in [0.25, 0.3) is 5.56 Å². The van der Waals surface area contributed by atoms with Crippen LogP contribution in [0, 0.1) is 11.8 Å². The van der Waals surface area contributed by atoms with Crippen LogP contribution in [0.5, 0.6) is 5.75 Å². The SMILES string of the molecule is CN1CC2CN(c3ccc(-n4ccc(OCc5ccccc5)cc4=O)cn3)CC2C1. The molecular weight excluding hydrogens is 376 g/mol. The minimum atomic E-state index is -0.131. The van der Waals surface area contributed by atoms with Crippen LogP contribution in [-0.4, -0.2) is 47.7 Å². The summed E-state index contributed by atoms with van der Waals surface area (Å²) in [6.45, 7) is 4.92. The van der Waals surface area contributed by atoms with E-state index in [1.165, 1.54) is 19.2 Å². The number of aromatic nitrogens is 2. The van der Waals surface area contributed by atoms with Crippen LogP contribution in [0.4, 0.5) is 5.82 Å². The molecule has 2 atom stereocenters. The maximum Gasteiger partial charge on any atom is 0.258 e. The third kappa shape index (κ3) is 3.83. The lowest BCUT2D eigenvalue weighted by Crippen LogP contribution is -2.27. The number of nitrogens with zero attached hydrogens (tertiary/aromatic N) is 4. The molecule has 0 N–H and O–H groups in total. The van der Waals surface area contributed by atoms with Gasteiger partial charge in [-0.25, -0.2) is 4.98 Å². The zero-order valence-corrected chi connectivity index (χ0v) is 17.1. The summed E-state index contributed by atoms with van der Waals surface area (Å²) in [6.07, 6.45) is 3.52. The smallest absolute Gasteiger partial charge is 0.258 e. The molecule has 3 aromatic rings. The Hall–Kier alpha value is -3.12. The van der Waals surface area contributed by atoms with Gasteiger partial charge in [-0.05, 0) is 42.6 Å². The Labute approximate surface area is 176 Å². The number of hydrogen-bond acceptors (Lipinski definition) is 5. The molecule has 2 saturated heterocycles. The van der Waals surface area contributed by atoms with E-state index in [-0.39, 0.29) is 5.56 Å². The van der Waals surface area contributed by atoms with Crippen LogP contribution >= 0.6 is 0 Å². The first-order valence-corrected chi connectivity index (χ1v) is 10.4. The standard InChI is InChI=1S/C24H26N4O2/c1-26-13-19-15-27(16-20(19)14-26)23-8-7-21(12-25-23)28-10-9-22(11-24(28)29)30-17-18-5-3-2-4-6-18/h2-12,19-20H,13-17H2,1H3. The molecule has 1 aromatic carbocycles. The number of ether oxygens (including phenoxy) is 1. The lowest BCUT2D eigenvalue weighted by molar-refractivity contribution is 0.305. The van der Waals surface area contributed by atoms with Crippen LogP contribution in [0.2, 0.25) is 0 Å². The zero-order chi connectivity index (χ0) is 20.5. The molecule has 0 aliphatic carbocycles. The lowest BCUT2D eigenvalue weighted by atomic mass is 10.0. The average molecular weight is 402 g/mol. The van der Waals surface area contributed by atoms with Crippen molar-refractivity contribution in [3.63, 3.8) is 0 Å². The average Bonchev–Trinajstić information content (AvgIpc) is 3.31. The summed E-state index contributed by atoms with van der Waals surface area (Å²) in [7, 11) is 2.20. The Kier molecular flexibility index (Phi) is 5.01. The number of hydrogen-bond donors (Lipinski definition) is 0. The van der Waals surface area contributed by atoms with Gasteiger partial charge in [-0.1, -0.05) is 30.3 Å². The normalized spacial score (nSPS) is 21.0. The second-order valence-corrected chi connectivity index (χ2v) is 8.37. The van der Waals surface area contributed by atoms with E-state index >= 15 is 0 Å². The van der Waals surface area contributed by atoms with Gasteiger partial charge in [-0.2, -0.15) is 0 Å². The van der Waals surface area contributed by atoms with Crippen LogP contribution in [-0.2, 0) is 6.61 Å². The van der Waals surface area contributed by atoms with Gasteiger partial charge in [0, 0.05) is 38.4 Å². The van der Waals surface area contributed by atoms with Gasteiger partial charge in [0.1, 0.15) is 18.2 Å². The summed E-state index contributed by atoms with van der Waals surface area (Å²) < 4.78 is 7.35. The number of benzene rings is 1. The van der Waals surface area contributed by atoms with Crippen molar-refractivity contribution in [1.82, 2.24) is 14.5 Å². The largest absolute Gasteiger partial charge is 0.489 e. The van der Waals surface area contributed by atoms with Crippen molar-refractivity contribution in [1.29, 1.82) is 0 Å². The molecule has 5 rings (SSSR count). The minimum absolute atomic E-state index is 0.131. The van der Waals surface area contributed by atoms with Crippen molar-refractivity contribution in [2.75, 3.05) is 38.1 Å². The Bertz CT molecular complexity index is 1050. The molecule has 0 amide bonds. The van der Waals surface area contributed by atoms with Crippen molar-refractivity contribution in [2.45, 2.75) is 6.61 Å². The van der Waals surface area contributed by atoms with E-state index in [0.29, 0.717) is 12.4 Å². The monoisotopic (exact) mass is 402 g/mol. The summed E-state index contributed by atoms with van der Waals surface area (Å²) in [5.41, 5.74) is 1.70. The van der Waals surface area contributed by atoms with Crippen molar-refractivity contribution >= 4 is 5.82 Å². The molecular formula is C24H26N4O2. The highest BCUT2D eigenvalue weighted by Crippen LogP contribution is 2.32. The molecule has 0 bridgehead atoms. The highest BCUT2D eigenvalue weighted by molar-refractivity contribution is 5.45. The van der Waals surface area contributed by atoms with Crippen LogP contribution in [0.3, 0.4) is 0 Å². The molecule has 154 valence electrons. The van der Waals surface area contributed by atoms with E-state index in [2.05, 4.69) is 21.8 Å². The van der Waals surface area contributed by atoms with E-state index in [1.54, 1.807) is 17.0 Å². The topological polar surface area (TPSA) is 50.6 Å². The number of rotatable bonds is 5. The van der Waals surface area contributed by atoms with E-state index in [1.807, 2.05) is 48.5 Å². The maximum absolute atomic E-state index is 12.6. The minimum Gasteiger partial charge on any atom is -0.489 e. The summed E-state index contributed by atoms with van der Waals surface area (Å²) in [5, 5.41) is 0. The Morgan fingerprint density at radius 2 is 1.77 bits per heavy atom. The quantitative estimate of drug-likeness (QED) is 0.657. The van der Waals surface area contributed by atoms with Crippen molar-refractivity contribution in [3.05, 3.63) is 82.9 Å². The predicted octanol–water partition coefficient (Wildman–Crippen LogP) is 2.81. The van der Waals surface area contributed by atoms with Gasteiger partial charge >= 0.3 is 0 Å². The van der Waals surface area contributed by atoms with Crippen LogP contribution in [0.25, 0.3) is 5.69 Å². The Balaban J connectivity index is 1.26. The number of likely N-dealkylation sites (tertiary alicyclic amines) is 1. The highest BCUT2D eigenvalue weighted by Gasteiger charge is 2.38. The molecule has 2 aliphatic heterocycles. The third-order valence-electron chi connectivity index (χ3n) is 6.14. The molecule has 0 radical (unpaired) electrons.